The van der Waals surface area contributed by atoms with E-state index < -0.39 is 40.7 Å². The summed E-state index contributed by atoms with van der Waals surface area (Å²) in [4.78, 5) is 24.8. The van der Waals surface area contributed by atoms with E-state index in [9.17, 15) is 23.1 Å². The molecule has 3 aromatic rings. The van der Waals surface area contributed by atoms with E-state index in [1.807, 2.05) is 6.07 Å². The first-order valence-electron chi connectivity index (χ1n) is 10.5. The number of nitrogens with one attached hydrogen (secondary N) is 2. The number of para-hydroxylation sites is 1. The van der Waals surface area contributed by atoms with E-state index in [0.717, 1.165) is 0 Å². The van der Waals surface area contributed by atoms with Crippen LogP contribution in [0.5, 0.6) is 11.5 Å². The van der Waals surface area contributed by atoms with Crippen molar-refractivity contribution in [2.75, 3.05) is 11.9 Å². The van der Waals surface area contributed by atoms with Gasteiger partial charge in [0, 0.05) is 10.0 Å². The Morgan fingerprint density at radius 1 is 0.972 bits per heavy atom. The average Bonchev–Trinajstić information content (AvgIpc) is 2.83. The third kappa shape index (κ3) is 7.67. The molecule has 0 aliphatic rings. The summed E-state index contributed by atoms with van der Waals surface area (Å²) < 4.78 is 38.0. The average molecular weight is 553 g/mol. The van der Waals surface area contributed by atoms with Crippen LogP contribution in [0.2, 0.25) is 10.0 Å². The maximum Gasteiger partial charge on any atom is 0.327 e. The molecule has 190 valence electrons. The Labute approximate surface area is 218 Å². The first kappa shape index (κ1) is 27.4. The number of sulfonamides is 1. The number of halogens is 2. The summed E-state index contributed by atoms with van der Waals surface area (Å²) in [5, 5.41) is 13.1. The normalized spacial score (nSPS) is 12.9. The number of esters is 1. The van der Waals surface area contributed by atoms with Crippen LogP contribution in [0, 0.1) is 0 Å². The number of aliphatic hydroxyl groups excluding tert-OH is 1. The second-order valence-corrected chi connectivity index (χ2v) is 10.1. The molecular formula is C24H22Cl2N2O7S. The van der Waals surface area contributed by atoms with Crippen molar-refractivity contribution in [3.8, 4) is 11.5 Å². The van der Waals surface area contributed by atoms with E-state index in [0.29, 0.717) is 21.5 Å². The van der Waals surface area contributed by atoms with Crippen LogP contribution in [0.4, 0.5) is 5.69 Å². The van der Waals surface area contributed by atoms with Gasteiger partial charge in [-0.25, -0.2) is 8.42 Å². The first-order chi connectivity index (χ1) is 17.0. The molecule has 0 aliphatic heterocycles. The molecule has 0 saturated carbocycles. The fourth-order valence-corrected chi connectivity index (χ4v) is 4.47. The highest BCUT2D eigenvalue weighted by molar-refractivity contribution is 7.89. The number of carbonyl (C=O) groups is 2. The van der Waals surface area contributed by atoms with Gasteiger partial charge < -0.3 is 19.9 Å². The van der Waals surface area contributed by atoms with E-state index in [4.69, 9.17) is 32.7 Å². The van der Waals surface area contributed by atoms with Gasteiger partial charge in [-0.05, 0) is 61.5 Å². The van der Waals surface area contributed by atoms with Crippen LogP contribution in [-0.2, 0) is 24.3 Å². The number of hydrogen-bond acceptors (Lipinski definition) is 7. The molecule has 0 radical (unpaired) electrons. The number of carbonyl (C=O) groups excluding carboxylic acids is 2. The lowest BCUT2D eigenvalue weighted by Crippen LogP contribution is -2.48. The molecule has 36 heavy (non-hydrogen) atoms. The van der Waals surface area contributed by atoms with Crippen LogP contribution in [0.25, 0.3) is 0 Å². The molecule has 12 heteroatoms. The minimum Gasteiger partial charge on any atom is -0.455 e. The second kappa shape index (κ2) is 12.2. The SMILES string of the molecule is C[C@H](O)[C@H](NS(=O)(=O)c1ccc(Cl)cc1)C(=O)OCC(=O)Nc1cc(Cl)ccc1Oc1ccccc1. The smallest absolute Gasteiger partial charge is 0.327 e. The zero-order chi connectivity index (χ0) is 26.3. The van der Waals surface area contributed by atoms with Crippen LogP contribution in [-0.4, -0.2) is 44.2 Å². The number of aliphatic hydroxyl groups is 1. The van der Waals surface area contributed by atoms with Crippen LogP contribution in [0.15, 0.2) is 77.7 Å². The maximum absolute atomic E-state index is 12.6. The standard InChI is InChI=1S/C24H22Cl2N2O7S/c1-15(29)23(28-36(32,33)19-10-7-16(25)8-11-19)24(31)34-14-22(30)27-20-13-17(26)9-12-21(20)35-18-5-3-2-4-6-18/h2-13,15,23,28-29H,14H2,1H3,(H,27,30)/t15-,23-/m0/s1. The van der Waals surface area contributed by atoms with Crippen molar-refractivity contribution in [1.29, 1.82) is 0 Å². The van der Waals surface area contributed by atoms with Gasteiger partial charge in [-0.2, -0.15) is 4.72 Å². The fraction of sp³-hybridized carbons (Fsp3) is 0.167. The molecule has 1 amide bonds. The summed E-state index contributed by atoms with van der Waals surface area (Å²) >= 11 is 11.8. The van der Waals surface area contributed by atoms with E-state index >= 15 is 0 Å². The van der Waals surface area contributed by atoms with Gasteiger partial charge in [0.25, 0.3) is 5.91 Å². The largest absolute Gasteiger partial charge is 0.455 e. The van der Waals surface area contributed by atoms with Gasteiger partial charge in [0.1, 0.15) is 11.8 Å². The lowest BCUT2D eigenvalue weighted by Gasteiger charge is -2.20. The van der Waals surface area contributed by atoms with Crippen LogP contribution in [0.1, 0.15) is 6.92 Å². The van der Waals surface area contributed by atoms with Gasteiger partial charge in [0.05, 0.1) is 16.7 Å². The molecule has 0 saturated heterocycles. The molecule has 0 spiro atoms. The van der Waals surface area contributed by atoms with E-state index in [1.165, 1.54) is 37.3 Å². The molecular weight excluding hydrogens is 531 g/mol. The molecule has 0 aliphatic carbocycles. The molecule has 0 unspecified atom stereocenters. The minimum atomic E-state index is -4.19. The summed E-state index contributed by atoms with van der Waals surface area (Å²) in [7, 11) is -4.19. The molecule has 0 fully saturated rings. The van der Waals surface area contributed by atoms with E-state index in [1.54, 1.807) is 36.4 Å². The van der Waals surface area contributed by atoms with Gasteiger partial charge >= 0.3 is 5.97 Å². The Morgan fingerprint density at radius 3 is 2.25 bits per heavy atom. The van der Waals surface area contributed by atoms with Crippen molar-refractivity contribution in [2.45, 2.75) is 24.0 Å². The fourth-order valence-electron chi connectivity index (χ4n) is 2.91. The zero-order valence-corrected chi connectivity index (χ0v) is 21.2. The molecule has 0 aromatic heterocycles. The second-order valence-electron chi connectivity index (χ2n) is 7.50. The van der Waals surface area contributed by atoms with Gasteiger partial charge in [0.2, 0.25) is 10.0 Å². The lowest BCUT2D eigenvalue weighted by molar-refractivity contribution is -0.151. The van der Waals surface area contributed by atoms with Gasteiger partial charge in [-0.15, -0.1) is 0 Å². The van der Waals surface area contributed by atoms with Gasteiger partial charge in [-0.3, -0.25) is 9.59 Å². The summed E-state index contributed by atoms with van der Waals surface area (Å²) in [6, 6.07) is 17.0. The first-order valence-corrected chi connectivity index (χ1v) is 12.7. The number of hydrogen-bond donors (Lipinski definition) is 3. The topological polar surface area (TPSA) is 131 Å². The molecule has 0 heterocycles. The third-order valence-electron chi connectivity index (χ3n) is 4.67. The number of ether oxygens (including phenoxy) is 2. The van der Waals surface area contributed by atoms with Crippen molar-refractivity contribution in [3.63, 3.8) is 0 Å². The monoisotopic (exact) mass is 552 g/mol. The number of rotatable bonds is 10. The summed E-state index contributed by atoms with van der Waals surface area (Å²) in [5.41, 5.74) is 0.225. The lowest BCUT2D eigenvalue weighted by atomic mass is 10.2. The molecule has 3 rings (SSSR count). The number of anilines is 1. The summed E-state index contributed by atoms with van der Waals surface area (Å²) in [6.45, 7) is 0.442. The summed E-state index contributed by atoms with van der Waals surface area (Å²) in [5.74, 6) is -1.07. The highest BCUT2D eigenvalue weighted by Crippen LogP contribution is 2.32. The minimum absolute atomic E-state index is 0.171. The van der Waals surface area contributed by atoms with E-state index in [2.05, 4.69) is 10.0 Å². The Hall–Kier alpha value is -3.15. The summed E-state index contributed by atoms with van der Waals surface area (Å²) in [6.07, 6.45) is -1.46. The predicted octanol–water partition coefficient (Wildman–Crippen LogP) is 4.00. The zero-order valence-electron chi connectivity index (χ0n) is 18.9. The Bertz CT molecular complexity index is 1320. The highest BCUT2D eigenvalue weighted by atomic mass is 35.5. The van der Waals surface area contributed by atoms with Gasteiger partial charge in [-0.1, -0.05) is 41.4 Å². The Balaban J connectivity index is 1.64. The van der Waals surface area contributed by atoms with Crippen LogP contribution < -0.4 is 14.8 Å². The molecule has 3 aromatic carbocycles. The van der Waals surface area contributed by atoms with Crippen molar-refractivity contribution in [3.05, 3.63) is 82.8 Å². The number of benzene rings is 3. The van der Waals surface area contributed by atoms with Crippen LogP contribution in [0.3, 0.4) is 0 Å². The van der Waals surface area contributed by atoms with Crippen LogP contribution >= 0.6 is 23.2 Å². The number of amides is 1. The van der Waals surface area contributed by atoms with Crippen molar-refractivity contribution < 1.29 is 32.6 Å². The third-order valence-corrected chi connectivity index (χ3v) is 6.62. The van der Waals surface area contributed by atoms with Gasteiger partial charge in [0.15, 0.2) is 12.4 Å². The molecule has 0 bridgehead atoms. The highest BCUT2D eigenvalue weighted by Gasteiger charge is 2.31. The van der Waals surface area contributed by atoms with Crippen molar-refractivity contribution in [1.82, 2.24) is 4.72 Å². The molecule has 3 N–H and O–H groups in total. The Kier molecular flexibility index (Phi) is 9.30. The molecule has 9 nitrogen and oxygen atoms in total. The predicted molar refractivity (Wildman–Crippen MR) is 135 cm³/mol. The Morgan fingerprint density at radius 2 is 1.61 bits per heavy atom. The quantitative estimate of drug-likeness (QED) is 0.324. The van der Waals surface area contributed by atoms with E-state index in [-0.39, 0.29) is 10.6 Å². The van der Waals surface area contributed by atoms with Crippen molar-refractivity contribution >= 4 is 50.8 Å². The molecule has 2 atom stereocenters. The van der Waals surface area contributed by atoms with Crippen molar-refractivity contribution in [2.24, 2.45) is 0 Å². The maximum atomic E-state index is 12.6.